The van der Waals surface area contributed by atoms with E-state index in [1.165, 1.54) is 15.8 Å². The lowest BCUT2D eigenvalue weighted by Crippen LogP contribution is -2.63. The molecule has 6 N–H and O–H groups in total. The number of likely N-dealkylation sites (tertiary alicyclic amines) is 1. The molecule has 2 aromatic carbocycles. The second kappa shape index (κ2) is 14.9. The molecule has 6 rings (SSSR count). The lowest BCUT2D eigenvalue weighted by Gasteiger charge is -2.37. The van der Waals surface area contributed by atoms with Crippen molar-refractivity contribution in [3.63, 3.8) is 0 Å². The van der Waals surface area contributed by atoms with E-state index in [4.69, 9.17) is 11.5 Å². The predicted octanol–water partition coefficient (Wildman–Crippen LogP) is 2.11. The molecule has 3 fully saturated rings. The Morgan fingerprint density at radius 3 is 2.38 bits per heavy atom. The molecule has 278 valence electrons. The molecule has 1 saturated carbocycles. The van der Waals surface area contributed by atoms with Gasteiger partial charge >= 0.3 is 0 Å². The van der Waals surface area contributed by atoms with Crippen LogP contribution in [0.1, 0.15) is 105 Å². The molecular weight excluding hydrogens is 687 g/mol. The van der Waals surface area contributed by atoms with Gasteiger partial charge in [0.25, 0.3) is 5.91 Å². The van der Waals surface area contributed by atoms with Crippen molar-refractivity contribution < 1.29 is 33.3 Å². The van der Waals surface area contributed by atoms with E-state index < -0.39 is 69.4 Å². The van der Waals surface area contributed by atoms with Crippen molar-refractivity contribution in [3.05, 3.63) is 59.4 Å². The number of nitrogens with one attached hydrogen (secondary N) is 1. The third-order valence-electron chi connectivity index (χ3n) is 11.1. The van der Waals surface area contributed by atoms with Gasteiger partial charge < -0.3 is 26.8 Å². The highest BCUT2D eigenvalue weighted by Gasteiger charge is 2.50. The lowest BCUT2D eigenvalue weighted by atomic mass is 9.77. The van der Waals surface area contributed by atoms with Crippen LogP contribution < -0.4 is 16.8 Å². The number of nitrogens with two attached hydrogens (primary N) is 2. The quantitative estimate of drug-likeness (QED) is 0.212. The monoisotopic (exact) mass is 733 g/mol. The molecule has 2 saturated heterocycles. The van der Waals surface area contributed by atoms with E-state index in [9.17, 15) is 28.5 Å². The first-order chi connectivity index (χ1) is 24.7. The van der Waals surface area contributed by atoms with Crippen molar-refractivity contribution in [1.29, 1.82) is 0 Å². The number of amides is 4. The third kappa shape index (κ3) is 7.38. The van der Waals surface area contributed by atoms with Crippen LogP contribution in [0.2, 0.25) is 0 Å². The summed E-state index contributed by atoms with van der Waals surface area (Å²) in [6, 6.07) is 9.19. The summed E-state index contributed by atoms with van der Waals surface area (Å²) in [5.74, 6) is -4.43. The fourth-order valence-corrected chi connectivity index (χ4v) is 9.74. The van der Waals surface area contributed by atoms with E-state index in [0.717, 1.165) is 37.5 Å². The van der Waals surface area contributed by atoms with E-state index in [1.54, 1.807) is 26.0 Å². The van der Waals surface area contributed by atoms with Gasteiger partial charge in [0.1, 0.15) is 17.2 Å². The van der Waals surface area contributed by atoms with Crippen molar-refractivity contribution in [2.75, 3.05) is 18.1 Å². The number of aliphatic hydroxyl groups is 1. The zero-order valence-electron chi connectivity index (χ0n) is 29.6. The number of benzene rings is 2. The highest BCUT2D eigenvalue weighted by molar-refractivity contribution is 7.85. The molecule has 3 heterocycles. The molecule has 1 aromatic heterocycles. The zero-order chi connectivity index (χ0) is 37.4. The summed E-state index contributed by atoms with van der Waals surface area (Å²) in [5, 5.41) is 23.6. The van der Waals surface area contributed by atoms with Gasteiger partial charge in [0.15, 0.2) is 0 Å². The molecule has 0 radical (unpaired) electrons. The summed E-state index contributed by atoms with van der Waals surface area (Å²) in [4.78, 5) is 69.8. The smallest absolute Gasteiger partial charge is 0.287 e. The van der Waals surface area contributed by atoms with Crippen molar-refractivity contribution in [1.82, 2.24) is 25.2 Å². The Kier molecular flexibility index (Phi) is 10.6. The average Bonchev–Trinajstić information content (AvgIpc) is 3.80. The van der Waals surface area contributed by atoms with E-state index in [2.05, 4.69) is 15.6 Å². The molecule has 2 aliphatic heterocycles. The molecule has 15 heteroatoms. The first-order valence-corrected chi connectivity index (χ1v) is 19.4. The molecule has 14 nitrogen and oxygen atoms in total. The molecular formula is C37H47N7O7S. The highest BCUT2D eigenvalue weighted by Crippen LogP contribution is 2.41. The minimum Gasteiger partial charge on any atom is -0.384 e. The summed E-state index contributed by atoms with van der Waals surface area (Å²) in [6.07, 6.45) is 6.79. The summed E-state index contributed by atoms with van der Waals surface area (Å²) >= 11 is 0. The fourth-order valence-electron chi connectivity index (χ4n) is 8.39. The predicted molar refractivity (Wildman–Crippen MR) is 193 cm³/mol. The molecule has 4 amide bonds. The van der Waals surface area contributed by atoms with Crippen LogP contribution in [0.3, 0.4) is 0 Å². The summed E-state index contributed by atoms with van der Waals surface area (Å²) < 4.78 is 13.8. The number of fused-ring (bicyclic) bond motifs is 1. The van der Waals surface area contributed by atoms with Gasteiger partial charge in [-0.1, -0.05) is 67.6 Å². The highest BCUT2D eigenvalue weighted by atomic mass is 32.2. The van der Waals surface area contributed by atoms with Crippen LogP contribution in [0.5, 0.6) is 0 Å². The lowest BCUT2D eigenvalue weighted by molar-refractivity contribution is -0.145. The van der Waals surface area contributed by atoms with Crippen LogP contribution in [0.15, 0.2) is 42.6 Å². The number of aromatic nitrogens is 3. The van der Waals surface area contributed by atoms with Crippen molar-refractivity contribution in [2.45, 2.75) is 101 Å². The van der Waals surface area contributed by atoms with Crippen LogP contribution in [0.4, 0.5) is 0 Å². The SMILES string of the molecule is CC(C)(O)c1cnnn1[C@H]1C[C@@H](C(=O)NC2(C(=O)C(N)=O)CCS(=O)CC2)N(C(=O)[C@H](CC2CCCCC2)c2c(C(N)=O)ccc3ccccc23)C1. The van der Waals surface area contributed by atoms with Gasteiger partial charge in [-0.2, -0.15) is 0 Å². The van der Waals surface area contributed by atoms with Gasteiger partial charge in [0.05, 0.1) is 23.9 Å². The summed E-state index contributed by atoms with van der Waals surface area (Å²) in [7, 11) is -1.23. The Labute approximate surface area is 304 Å². The van der Waals surface area contributed by atoms with Crippen molar-refractivity contribution in [2.24, 2.45) is 17.4 Å². The van der Waals surface area contributed by atoms with Crippen LogP contribution in [0, 0.1) is 5.92 Å². The normalized spacial score (nSPS) is 24.8. The second-order valence-electron chi connectivity index (χ2n) is 15.0. The number of ketones is 1. The molecule has 52 heavy (non-hydrogen) atoms. The van der Waals surface area contributed by atoms with Crippen molar-refractivity contribution in [3.8, 4) is 0 Å². The van der Waals surface area contributed by atoms with E-state index in [0.29, 0.717) is 23.1 Å². The number of rotatable bonds is 11. The number of carbonyl (C=O) groups is 5. The molecule has 1 aliphatic carbocycles. The van der Waals surface area contributed by atoms with Crippen molar-refractivity contribution >= 4 is 51.0 Å². The van der Waals surface area contributed by atoms with E-state index >= 15 is 4.79 Å². The van der Waals surface area contributed by atoms with Crippen LogP contribution in [-0.4, -0.2) is 88.3 Å². The minimum absolute atomic E-state index is 0.00196. The average molecular weight is 734 g/mol. The molecule has 3 aromatic rings. The number of primary amides is 2. The minimum atomic E-state index is -1.68. The topological polar surface area (TPSA) is 221 Å². The standard InChI is InChI=1S/C37H47N7O7S/c1-36(2,50)29-20-40-42-44(29)24-19-28(34(48)41-37(31(45)33(39)47)14-16-52(51)17-15-37)43(21-24)35(49)27(18-22-8-4-3-5-9-22)30-25-11-7-6-10-23(25)12-13-26(30)32(38)46/h6-7,10-13,20,22,24,27-28,50H,3-5,8-9,14-19,21H2,1-2H3,(H2,38,46)(H2,39,47)(H,41,48)/t24-,27+,28-,37?,52?/m0/s1. The maximum Gasteiger partial charge on any atom is 0.287 e. The molecule has 3 aliphatic rings. The van der Waals surface area contributed by atoms with Gasteiger partial charge in [-0.05, 0) is 61.4 Å². The molecule has 0 spiro atoms. The van der Waals surface area contributed by atoms with Gasteiger partial charge in [-0.15, -0.1) is 5.10 Å². The number of hydrogen-bond donors (Lipinski definition) is 4. The van der Waals surface area contributed by atoms with Crippen LogP contribution >= 0.6 is 0 Å². The summed E-state index contributed by atoms with van der Waals surface area (Å²) in [5.41, 5.74) is 9.51. The van der Waals surface area contributed by atoms with Gasteiger partial charge in [0, 0.05) is 40.8 Å². The molecule has 0 unspecified atom stereocenters. The van der Waals surface area contributed by atoms with E-state index in [-0.39, 0.29) is 48.8 Å². The third-order valence-corrected chi connectivity index (χ3v) is 12.4. The Morgan fingerprint density at radius 2 is 1.73 bits per heavy atom. The second-order valence-corrected chi connectivity index (χ2v) is 16.7. The summed E-state index contributed by atoms with van der Waals surface area (Å²) in [6.45, 7) is 3.17. The first-order valence-electron chi connectivity index (χ1n) is 18.0. The number of Topliss-reactive ketones (excluding diaryl/α,β-unsaturated/α-hetero) is 1. The maximum atomic E-state index is 15.3. The van der Waals surface area contributed by atoms with Crippen LogP contribution in [-0.2, 0) is 35.6 Å². The van der Waals surface area contributed by atoms with E-state index in [1.807, 2.05) is 24.3 Å². The number of hydrogen-bond acceptors (Lipinski definition) is 9. The Hall–Kier alpha value is -4.50. The van der Waals surface area contributed by atoms with Gasteiger partial charge in [0.2, 0.25) is 23.5 Å². The molecule has 0 bridgehead atoms. The zero-order valence-corrected chi connectivity index (χ0v) is 30.4. The first kappa shape index (κ1) is 37.3. The maximum absolute atomic E-state index is 15.3. The fraction of sp³-hybridized carbons (Fsp3) is 0.541. The Bertz CT molecular complexity index is 1900. The van der Waals surface area contributed by atoms with Crippen LogP contribution in [0.25, 0.3) is 10.8 Å². The number of carbonyl (C=O) groups excluding carboxylic acids is 5. The number of nitrogens with zero attached hydrogens (tertiary/aromatic N) is 4. The van der Waals surface area contributed by atoms with Gasteiger partial charge in [-0.25, -0.2) is 4.68 Å². The Balaban J connectivity index is 1.45. The largest absolute Gasteiger partial charge is 0.384 e. The molecule has 3 atom stereocenters. The Morgan fingerprint density at radius 1 is 1.04 bits per heavy atom. The van der Waals surface area contributed by atoms with Gasteiger partial charge in [-0.3, -0.25) is 28.2 Å².